The first-order valence-electron chi connectivity index (χ1n) is 4.53. The summed E-state index contributed by atoms with van der Waals surface area (Å²) in [5.41, 5.74) is 0. The minimum Gasteiger partial charge on any atom is -0.393 e. The molecule has 0 aliphatic heterocycles. The molecule has 1 N–H and O–H groups in total. The van der Waals surface area contributed by atoms with Gasteiger partial charge in [0.1, 0.15) is 6.61 Å². The molecular formula is C10H14O3P+. The number of benzene rings is 1. The number of rotatable bonds is 5. The van der Waals surface area contributed by atoms with E-state index in [-0.39, 0.29) is 0 Å². The molecule has 14 heavy (non-hydrogen) atoms. The van der Waals surface area contributed by atoms with Crippen molar-refractivity contribution in [1.82, 2.24) is 0 Å². The Bertz CT molecular complexity index is 285. The third kappa shape index (κ3) is 3.97. The highest BCUT2D eigenvalue weighted by Crippen LogP contribution is 2.21. The van der Waals surface area contributed by atoms with Crippen molar-refractivity contribution in [1.29, 1.82) is 0 Å². The highest BCUT2D eigenvalue weighted by molar-refractivity contribution is 7.48. The summed E-state index contributed by atoms with van der Waals surface area (Å²) in [6.45, 7) is 2.00. The molecule has 4 heteroatoms. The van der Waals surface area contributed by atoms with Gasteiger partial charge in [-0.05, 0) is 23.6 Å². The average Bonchev–Trinajstić information content (AvgIpc) is 2.18. The van der Waals surface area contributed by atoms with E-state index in [0.717, 1.165) is 0 Å². The molecular weight excluding hydrogens is 199 g/mol. The molecule has 76 valence electrons. The van der Waals surface area contributed by atoms with Crippen LogP contribution in [0.2, 0.25) is 0 Å². The maximum Gasteiger partial charge on any atom is 0.548 e. The molecule has 0 saturated carbocycles. The summed E-state index contributed by atoms with van der Waals surface area (Å²) in [5.74, 6) is 0. The summed E-state index contributed by atoms with van der Waals surface area (Å²) in [5, 5.41) is 9.65. The molecule has 2 unspecified atom stereocenters. The first-order chi connectivity index (χ1) is 6.70. The van der Waals surface area contributed by atoms with Crippen LogP contribution in [0.1, 0.15) is 13.3 Å². The lowest BCUT2D eigenvalue weighted by Gasteiger charge is -1.97. The maximum atomic E-state index is 11.5. The summed E-state index contributed by atoms with van der Waals surface area (Å²) in [4.78, 5) is 0. The van der Waals surface area contributed by atoms with Gasteiger partial charge in [-0.25, -0.2) is 0 Å². The number of hydrogen-bond donors (Lipinski definition) is 1. The van der Waals surface area contributed by atoms with E-state index in [0.29, 0.717) is 18.3 Å². The van der Waals surface area contributed by atoms with E-state index in [4.69, 9.17) is 9.63 Å². The highest BCUT2D eigenvalue weighted by Gasteiger charge is 2.20. The van der Waals surface area contributed by atoms with Crippen molar-refractivity contribution >= 4 is 13.3 Å². The van der Waals surface area contributed by atoms with E-state index < -0.39 is 14.1 Å². The Kier molecular flexibility index (Phi) is 4.74. The molecule has 0 fully saturated rings. The molecule has 0 spiro atoms. The van der Waals surface area contributed by atoms with Crippen LogP contribution in [0.5, 0.6) is 0 Å². The summed E-state index contributed by atoms with van der Waals surface area (Å²) in [7, 11) is -1.77. The zero-order valence-electron chi connectivity index (χ0n) is 8.09. The van der Waals surface area contributed by atoms with Crippen LogP contribution in [0.4, 0.5) is 0 Å². The van der Waals surface area contributed by atoms with Crippen LogP contribution < -0.4 is 5.30 Å². The molecule has 0 saturated heterocycles. The highest BCUT2D eigenvalue weighted by atomic mass is 31.1. The molecule has 0 heterocycles. The van der Waals surface area contributed by atoms with Crippen molar-refractivity contribution in [2.45, 2.75) is 19.4 Å². The van der Waals surface area contributed by atoms with Crippen molar-refractivity contribution in [2.75, 3.05) is 6.61 Å². The van der Waals surface area contributed by atoms with Gasteiger partial charge in [-0.15, -0.1) is 4.52 Å². The Morgan fingerprint density at radius 1 is 1.43 bits per heavy atom. The zero-order valence-corrected chi connectivity index (χ0v) is 8.98. The van der Waals surface area contributed by atoms with Crippen LogP contribution in [0.3, 0.4) is 0 Å². The normalized spacial score (nSPS) is 13.7. The van der Waals surface area contributed by atoms with Gasteiger partial charge in [0, 0.05) is 6.42 Å². The fraction of sp³-hybridized carbons (Fsp3) is 0.400. The van der Waals surface area contributed by atoms with Gasteiger partial charge in [-0.3, -0.25) is 0 Å². The van der Waals surface area contributed by atoms with E-state index in [2.05, 4.69) is 0 Å². The average molecular weight is 213 g/mol. The smallest absolute Gasteiger partial charge is 0.393 e. The topological polar surface area (TPSA) is 46.5 Å². The van der Waals surface area contributed by atoms with E-state index in [1.165, 1.54) is 0 Å². The van der Waals surface area contributed by atoms with Crippen LogP contribution in [0.15, 0.2) is 30.3 Å². The summed E-state index contributed by atoms with van der Waals surface area (Å²) in [6, 6.07) is 9.03. The lowest BCUT2D eigenvalue weighted by molar-refractivity contribution is 0.159. The largest absolute Gasteiger partial charge is 0.548 e. The monoisotopic (exact) mass is 213 g/mol. The predicted molar refractivity (Wildman–Crippen MR) is 55.9 cm³/mol. The van der Waals surface area contributed by atoms with Gasteiger partial charge < -0.3 is 5.11 Å². The number of aliphatic hydroxyl groups excluding tert-OH is 1. The molecule has 3 nitrogen and oxygen atoms in total. The standard InChI is InChI=1S/C10H14O3P/c1-9(11)7-8-13-14(12)10-5-3-2-4-6-10/h2-6,9,11H,7-8H2,1H3/q+1. The quantitative estimate of drug-likeness (QED) is 0.759. The van der Waals surface area contributed by atoms with Crippen LogP contribution in [-0.4, -0.2) is 17.8 Å². The summed E-state index contributed by atoms with van der Waals surface area (Å²) in [6.07, 6.45) is 0.0997. The predicted octanol–water partition coefficient (Wildman–Crippen LogP) is 1.84. The summed E-state index contributed by atoms with van der Waals surface area (Å²) < 4.78 is 16.6. The van der Waals surface area contributed by atoms with E-state index >= 15 is 0 Å². The second kappa shape index (κ2) is 5.86. The molecule has 0 radical (unpaired) electrons. The minimum absolute atomic E-state index is 0.321. The Morgan fingerprint density at radius 2 is 2.07 bits per heavy atom. The summed E-state index contributed by atoms with van der Waals surface area (Å²) >= 11 is 0. The fourth-order valence-electron chi connectivity index (χ4n) is 0.930. The third-order valence-corrected chi connectivity index (χ3v) is 2.85. The Balaban J connectivity index is 2.36. The molecule has 1 rings (SSSR count). The van der Waals surface area contributed by atoms with Gasteiger partial charge in [0.05, 0.1) is 6.10 Å². The SMILES string of the molecule is CC(O)CCO[P+](=O)c1ccccc1. The second-order valence-electron chi connectivity index (χ2n) is 3.06. The van der Waals surface area contributed by atoms with E-state index in [1.54, 1.807) is 19.1 Å². The zero-order chi connectivity index (χ0) is 10.4. The molecule has 1 aromatic carbocycles. The molecule has 0 bridgehead atoms. The van der Waals surface area contributed by atoms with Gasteiger partial charge in [0.2, 0.25) is 5.30 Å². The van der Waals surface area contributed by atoms with Gasteiger partial charge in [0.15, 0.2) is 0 Å². The van der Waals surface area contributed by atoms with Crippen LogP contribution >= 0.6 is 8.03 Å². The molecule has 1 aromatic rings. The van der Waals surface area contributed by atoms with Gasteiger partial charge in [0.25, 0.3) is 0 Å². The van der Waals surface area contributed by atoms with E-state index in [1.807, 2.05) is 18.2 Å². The second-order valence-corrected chi connectivity index (χ2v) is 4.35. The third-order valence-electron chi connectivity index (χ3n) is 1.71. The van der Waals surface area contributed by atoms with Crippen molar-refractivity contribution < 1.29 is 14.2 Å². The minimum atomic E-state index is -1.77. The molecule has 0 aliphatic rings. The molecule has 0 amide bonds. The van der Waals surface area contributed by atoms with Gasteiger partial charge in [-0.1, -0.05) is 18.2 Å². The first-order valence-corrected chi connectivity index (χ1v) is 5.71. The number of hydrogen-bond acceptors (Lipinski definition) is 3. The van der Waals surface area contributed by atoms with Crippen LogP contribution in [0, 0.1) is 0 Å². The Hall–Kier alpha value is -0.760. The lowest BCUT2D eigenvalue weighted by atomic mass is 10.3. The van der Waals surface area contributed by atoms with Crippen molar-refractivity contribution in [3.63, 3.8) is 0 Å². The van der Waals surface area contributed by atoms with Crippen LogP contribution in [0.25, 0.3) is 0 Å². The Labute approximate surface area is 84.6 Å². The van der Waals surface area contributed by atoms with Gasteiger partial charge in [-0.2, -0.15) is 0 Å². The number of aliphatic hydroxyl groups is 1. The molecule has 0 aliphatic carbocycles. The lowest BCUT2D eigenvalue weighted by Crippen LogP contribution is -2.05. The van der Waals surface area contributed by atoms with Gasteiger partial charge >= 0.3 is 8.03 Å². The van der Waals surface area contributed by atoms with Crippen molar-refractivity contribution in [2.24, 2.45) is 0 Å². The molecule has 0 aromatic heterocycles. The van der Waals surface area contributed by atoms with Crippen molar-refractivity contribution in [3.05, 3.63) is 30.3 Å². The molecule has 2 atom stereocenters. The fourth-order valence-corrected chi connectivity index (χ4v) is 1.77. The van der Waals surface area contributed by atoms with Crippen LogP contribution in [-0.2, 0) is 9.09 Å². The van der Waals surface area contributed by atoms with E-state index in [9.17, 15) is 4.57 Å². The van der Waals surface area contributed by atoms with Crippen molar-refractivity contribution in [3.8, 4) is 0 Å². The first kappa shape index (κ1) is 11.3. The Morgan fingerprint density at radius 3 is 2.64 bits per heavy atom. The maximum absolute atomic E-state index is 11.5.